The van der Waals surface area contributed by atoms with E-state index in [1.807, 2.05) is 25.1 Å². The molecule has 0 saturated carbocycles. The second-order valence-corrected chi connectivity index (χ2v) is 5.53. The van der Waals surface area contributed by atoms with E-state index in [0.717, 1.165) is 22.2 Å². The normalized spacial score (nSPS) is 11.3. The zero-order valence-corrected chi connectivity index (χ0v) is 13.5. The minimum absolute atomic E-state index is 0.392. The van der Waals surface area contributed by atoms with E-state index in [9.17, 15) is 10.1 Å². The van der Waals surface area contributed by atoms with E-state index in [1.54, 1.807) is 30.3 Å². The molecule has 0 amide bonds. The zero-order chi connectivity index (χ0) is 17.8. The molecule has 0 radical (unpaired) electrons. The molecule has 3 aromatic rings. The quantitative estimate of drug-likeness (QED) is 0.697. The number of aliphatic carboxylic acids is 1. The van der Waals surface area contributed by atoms with Crippen LogP contribution >= 0.6 is 0 Å². The fraction of sp³-hybridized carbons (Fsp3) is 0.105. The molecule has 124 valence electrons. The van der Waals surface area contributed by atoms with Gasteiger partial charge >= 0.3 is 5.97 Å². The van der Waals surface area contributed by atoms with Crippen LogP contribution in [0.1, 0.15) is 17.0 Å². The number of aromatic nitrogens is 2. The highest BCUT2D eigenvalue weighted by Crippen LogP contribution is 2.21. The summed E-state index contributed by atoms with van der Waals surface area (Å²) in [6, 6.07) is 14.8. The van der Waals surface area contributed by atoms with Crippen LogP contribution in [0.15, 0.2) is 42.5 Å². The first-order valence-corrected chi connectivity index (χ1v) is 7.58. The molecule has 0 bridgehead atoms. The second-order valence-electron chi connectivity index (χ2n) is 5.53. The highest BCUT2D eigenvalue weighted by atomic mass is 16.5. The molecule has 3 rings (SSSR count). The first-order valence-electron chi connectivity index (χ1n) is 7.58. The summed E-state index contributed by atoms with van der Waals surface area (Å²) in [5.41, 5.74) is 4.00. The second kappa shape index (κ2) is 6.89. The smallest absolute Gasteiger partial charge is 0.341 e. The molecular weight excluding hydrogens is 318 g/mol. The molecule has 0 saturated heterocycles. The van der Waals surface area contributed by atoms with E-state index in [-0.39, 0.29) is 0 Å². The van der Waals surface area contributed by atoms with Crippen molar-refractivity contribution in [1.82, 2.24) is 9.97 Å². The predicted molar refractivity (Wildman–Crippen MR) is 93.9 cm³/mol. The number of benzene rings is 2. The zero-order valence-electron chi connectivity index (χ0n) is 13.5. The van der Waals surface area contributed by atoms with E-state index < -0.39 is 12.6 Å². The average molecular weight is 333 g/mol. The maximum Gasteiger partial charge on any atom is 0.341 e. The van der Waals surface area contributed by atoms with Gasteiger partial charge in [0.15, 0.2) is 6.61 Å². The number of nitrogens with one attached hydrogen (secondary N) is 1. The van der Waals surface area contributed by atoms with Crippen LogP contribution in [0.25, 0.3) is 22.7 Å². The summed E-state index contributed by atoms with van der Waals surface area (Å²) in [6.07, 6.45) is 1.71. The number of allylic oxidation sites excluding steroid dienone is 1. The Kier molecular flexibility index (Phi) is 4.48. The molecule has 0 spiro atoms. The summed E-state index contributed by atoms with van der Waals surface area (Å²) in [5.74, 6) is -0.0672. The molecule has 0 unspecified atom stereocenters. The number of imidazole rings is 1. The molecule has 6 nitrogen and oxygen atoms in total. The van der Waals surface area contributed by atoms with E-state index in [0.29, 0.717) is 17.1 Å². The number of nitriles is 1. The van der Waals surface area contributed by atoms with Gasteiger partial charge in [0.05, 0.1) is 16.6 Å². The van der Waals surface area contributed by atoms with Gasteiger partial charge in [-0.2, -0.15) is 5.26 Å². The van der Waals surface area contributed by atoms with Gasteiger partial charge in [0.25, 0.3) is 0 Å². The lowest BCUT2D eigenvalue weighted by atomic mass is 10.1. The van der Waals surface area contributed by atoms with E-state index in [4.69, 9.17) is 9.84 Å². The monoisotopic (exact) mass is 333 g/mol. The molecule has 2 N–H and O–H groups in total. The van der Waals surface area contributed by atoms with Crippen molar-refractivity contribution < 1.29 is 14.6 Å². The van der Waals surface area contributed by atoms with Gasteiger partial charge in [-0.15, -0.1) is 0 Å². The number of H-pyrrole nitrogens is 1. The number of carbonyl (C=O) groups is 1. The number of aromatic amines is 1. The average Bonchev–Trinajstić information content (AvgIpc) is 3.01. The van der Waals surface area contributed by atoms with Crippen molar-refractivity contribution >= 4 is 28.7 Å². The first kappa shape index (κ1) is 16.3. The number of hydrogen-bond acceptors (Lipinski definition) is 4. The van der Waals surface area contributed by atoms with Gasteiger partial charge in [0.1, 0.15) is 17.6 Å². The first-order chi connectivity index (χ1) is 12.0. The number of carboxylic acid groups (broad SMARTS) is 1. The standard InChI is InChI=1S/C19H15N3O3/c1-12-2-7-16-17(8-12)22-19(21-16)14(10-20)9-13-3-5-15(6-4-13)25-11-18(23)24/h2-9H,11H2,1H3,(H,21,22)(H,23,24). The van der Waals surface area contributed by atoms with Crippen molar-refractivity contribution in [2.75, 3.05) is 6.61 Å². The van der Waals surface area contributed by atoms with E-state index >= 15 is 0 Å². The number of nitrogens with zero attached hydrogens (tertiary/aromatic N) is 2. The van der Waals surface area contributed by atoms with Crippen molar-refractivity contribution in [1.29, 1.82) is 5.26 Å². The summed E-state index contributed by atoms with van der Waals surface area (Å²) in [6.45, 7) is 1.60. The number of carboxylic acids is 1. The molecule has 0 aliphatic carbocycles. The van der Waals surface area contributed by atoms with E-state index in [2.05, 4.69) is 16.0 Å². The highest BCUT2D eigenvalue weighted by molar-refractivity contribution is 5.90. The Morgan fingerprint density at radius 3 is 2.76 bits per heavy atom. The molecule has 0 aliphatic heterocycles. The molecular formula is C19H15N3O3. The summed E-state index contributed by atoms with van der Waals surface area (Å²) < 4.78 is 5.09. The van der Waals surface area contributed by atoms with Crippen molar-refractivity contribution in [3.05, 3.63) is 59.4 Å². The number of aryl methyl sites for hydroxylation is 1. The molecule has 1 aromatic heterocycles. The van der Waals surface area contributed by atoms with Crippen LogP contribution < -0.4 is 4.74 Å². The van der Waals surface area contributed by atoms with Crippen molar-refractivity contribution in [2.24, 2.45) is 0 Å². The molecule has 1 heterocycles. The lowest BCUT2D eigenvalue weighted by Gasteiger charge is -2.03. The molecule has 2 aromatic carbocycles. The largest absolute Gasteiger partial charge is 0.482 e. The van der Waals surface area contributed by atoms with Crippen LogP contribution in [0.2, 0.25) is 0 Å². The van der Waals surface area contributed by atoms with Crippen molar-refractivity contribution in [3.8, 4) is 11.8 Å². The number of ether oxygens (including phenoxy) is 1. The topological polar surface area (TPSA) is 99.0 Å². The summed E-state index contributed by atoms with van der Waals surface area (Å²) in [5, 5.41) is 18.1. The van der Waals surface area contributed by atoms with Crippen LogP contribution in [0.3, 0.4) is 0 Å². The molecule has 0 aliphatic rings. The van der Waals surface area contributed by atoms with Crippen molar-refractivity contribution in [3.63, 3.8) is 0 Å². The SMILES string of the molecule is Cc1ccc2nc(C(C#N)=Cc3ccc(OCC(=O)O)cc3)[nH]c2c1. The van der Waals surface area contributed by atoms with Crippen LogP contribution in [0.5, 0.6) is 5.75 Å². The van der Waals surface area contributed by atoms with Gasteiger partial charge in [-0.05, 0) is 48.4 Å². The lowest BCUT2D eigenvalue weighted by molar-refractivity contribution is -0.139. The minimum Gasteiger partial charge on any atom is -0.482 e. The fourth-order valence-corrected chi connectivity index (χ4v) is 2.38. The summed E-state index contributed by atoms with van der Waals surface area (Å²) in [4.78, 5) is 18.1. The third kappa shape index (κ3) is 3.85. The predicted octanol–water partition coefficient (Wildman–Crippen LogP) is 3.40. The maximum atomic E-state index is 10.5. The summed E-state index contributed by atoms with van der Waals surface area (Å²) >= 11 is 0. The van der Waals surface area contributed by atoms with Gasteiger partial charge in [-0.1, -0.05) is 18.2 Å². The fourth-order valence-electron chi connectivity index (χ4n) is 2.38. The lowest BCUT2D eigenvalue weighted by Crippen LogP contribution is -2.09. The van der Waals surface area contributed by atoms with Crippen LogP contribution in [-0.4, -0.2) is 27.7 Å². The maximum absolute atomic E-state index is 10.5. The highest BCUT2D eigenvalue weighted by Gasteiger charge is 2.08. The van der Waals surface area contributed by atoms with Crippen molar-refractivity contribution in [2.45, 2.75) is 6.92 Å². The third-order valence-corrected chi connectivity index (χ3v) is 3.57. The molecule has 25 heavy (non-hydrogen) atoms. The van der Waals surface area contributed by atoms with Crippen LogP contribution in [0.4, 0.5) is 0 Å². The van der Waals surface area contributed by atoms with E-state index in [1.165, 1.54) is 0 Å². The molecule has 0 atom stereocenters. The molecule has 6 heteroatoms. The summed E-state index contributed by atoms with van der Waals surface area (Å²) in [7, 11) is 0. The number of fused-ring (bicyclic) bond motifs is 1. The number of rotatable bonds is 5. The Morgan fingerprint density at radius 2 is 2.08 bits per heavy atom. The Balaban J connectivity index is 1.86. The van der Waals surface area contributed by atoms with Gasteiger partial charge in [0.2, 0.25) is 0 Å². The Labute approximate surface area is 144 Å². The third-order valence-electron chi connectivity index (χ3n) is 3.57. The number of hydrogen-bond donors (Lipinski definition) is 2. The Bertz CT molecular complexity index is 995. The molecule has 0 fully saturated rings. The minimum atomic E-state index is -1.03. The van der Waals surface area contributed by atoms with Gasteiger partial charge in [0, 0.05) is 0 Å². The Morgan fingerprint density at radius 1 is 1.32 bits per heavy atom. The Hall–Kier alpha value is -3.59. The van der Waals surface area contributed by atoms with Crippen LogP contribution in [0, 0.1) is 18.3 Å². The van der Waals surface area contributed by atoms with Gasteiger partial charge in [-0.25, -0.2) is 9.78 Å². The van der Waals surface area contributed by atoms with Gasteiger partial charge in [-0.3, -0.25) is 0 Å². The van der Waals surface area contributed by atoms with Gasteiger partial charge < -0.3 is 14.8 Å². The van der Waals surface area contributed by atoms with Crippen LogP contribution in [-0.2, 0) is 4.79 Å².